The van der Waals surface area contributed by atoms with Crippen LogP contribution in [0.1, 0.15) is 156 Å². The lowest BCUT2D eigenvalue weighted by atomic mass is 9.80. The van der Waals surface area contributed by atoms with Crippen molar-refractivity contribution in [3.05, 3.63) is 90.3 Å². The fourth-order valence-electron chi connectivity index (χ4n) is 15.7. The van der Waals surface area contributed by atoms with E-state index in [1.165, 1.54) is 19.3 Å². The van der Waals surface area contributed by atoms with Crippen LogP contribution in [-0.2, 0) is 100 Å². The van der Waals surface area contributed by atoms with Crippen LogP contribution in [0.5, 0.6) is 0 Å². The van der Waals surface area contributed by atoms with Crippen LogP contribution in [-0.4, -0.2) is 274 Å². The molecule has 4 aliphatic rings. The highest BCUT2D eigenvalue weighted by atomic mass is 16.6. The summed E-state index contributed by atoms with van der Waals surface area (Å²) >= 11 is 0. The number of nitrogens with one attached hydrogen (secondary N) is 2. The number of allylic oxidation sites excluding steroid dienone is 6. The number of cyclic esters (lactones) is 1. The molecule has 119 heavy (non-hydrogen) atoms. The van der Waals surface area contributed by atoms with Gasteiger partial charge >= 0.3 is 5.97 Å². The molecule has 2 amide bonds. The SMILES string of the molecule is CO[C@H]1C[C@@H]2CC[C@@H](C)[C@@](O)(O2)C(=O)C(=O)N2CCCC[C@H]2C(=O)O[C@H]([C@H](N)C[C@@H]2CC[C@@H](OCCCCc3cn(CCOCCOCCOCCOCCOCCOCCC(=O)NCCCCn4nc(-c5cnc6[nH]ccc6c5)c5c(N)ncnc54)nn3)[C@H](OC)C2)CC(=O)[C@H](C)/C=C(\C)[C@@H](O)[C@@H](O)C(=O)[C@H](C)C[C@H](C)/C=C/C=CC=C1C. The Morgan fingerprint density at radius 2 is 1.49 bits per heavy atom. The van der Waals surface area contributed by atoms with E-state index < -0.39 is 95.4 Å². The van der Waals surface area contributed by atoms with Crippen molar-refractivity contribution in [1.29, 1.82) is 0 Å². The molecule has 5 aromatic rings. The number of carbonyl (C=O) groups is 6. The van der Waals surface area contributed by atoms with Crippen LogP contribution in [0.3, 0.4) is 0 Å². The van der Waals surface area contributed by atoms with E-state index in [9.17, 15) is 44.1 Å². The summed E-state index contributed by atoms with van der Waals surface area (Å²) in [6.07, 6.45) is 20.3. The van der Waals surface area contributed by atoms with Gasteiger partial charge in [0.2, 0.25) is 11.7 Å². The predicted octanol–water partition coefficient (Wildman–Crippen LogP) is 7.21. The van der Waals surface area contributed by atoms with Crippen LogP contribution in [0.15, 0.2) is 84.7 Å². The number of aryl methyl sites for hydroxylation is 2. The summed E-state index contributed by atoms with van der Waals surface area (Å²) in [6.45, 7) is 17.3. The van der Waals surface area contributed by atoms with Gasteiger partial charge < -0.3 is 94.1 Å². The second kappa shape index (κ2) is 49.2. The first-order valence-corrected chi connectivity index (χ1v) is 42.5. The molecular formula is C86H129N13O20. The van der Waals surface area contributed by atoms with Gasteiger partial charge in [-0.3, -0.25) is 24.0 Å². The minimum Gasteiger partial charge on any atom is -0.459 e. The second-order valence-electron chi connectivity index (χ2n) is 32.0. The Balaban J connectivity index is 0.616. The number of aromatic amines is 1. The van der Waals surface area contributed by atoms with E-state index in [-0.39, 0.29) is 67.8 Å². The summed E-state index contributed by atoms with van der Waals surface area (Å²) < 4.78 is 68.2. The van der Waals surface area contributed by atoms with Gasteiger partial charge in [-0.25, -0.2) is 29.1 Å². The third-order valence-electron chi connectivity index (χ3n) is 22.9. The highest BCUT2D eigenvalue weighted by Crippen LogP contribution is 2.39. The molecule has 0 radical (unpaired) electrons. The quantitative estimate of drug-likeness (QED) is 0.00888. The maximum atomic E-state index is 14.7. The number of unbranched alkanes of at least 4 members (excludes halogenated alkanes) is 2. The minimum absolute atomic E-state index is 0.0267. The summed E-state index contributed by atoms with van der Waals surface area (Å²) in [6, 6.07) is 1.83. The number of ether oxygens (including phenoxy) is 11. The molecule has 33 nitrogen and oxygen atoms in total. The third-order valence-corrected chi connectivity index (χ3v) is 22.9. The number of hydrogen-bond donors (Lipinski definition) is 7. The number of pyridine rings is 1. The average Bonchev–Trinajstić information content (AvgIpc) is 1.74. The normalized spacial score (nSPS) is 26.8. The number of aliphatic hydroxyl groups excluding tert-OH is 2. The van der Waals surface area contributed by atoms with Gasteiger partial charge in [-0.1, -0.05) is 69.4 Å². The number of nitrogens with zero attached hydrogens (tertiary/aromatic N) is 9. The zero-order valence-electron chi connectivity index (χ0n) is 70.7. The van der Waals surface area contributed by atoms with Crippen molar-refractivity contribution in [2.45, 2.75) is 231 Å². The summed E-state index contributed by atoms with van der Waals surface area (Å²) in [5, 5.41) is 52.7. The van der Waals surface area contributed by atoms with Gasteiger partial charge in [-0.2, -0.15) is 5.10 Å². The van der Waals surface area contributed by atoms with Crippen LogP contribution in [0.25, 0.3) is 33.3 Å². The zero-order chi connectivity index (χ0) is 85.2. The number of hydrogen-bond acceptors (Lipinski definition) is 28. The number of H-pyrrole nitrogens is 1. The van der Waals surface area contributed by atoms with Crippen molar-refractivity contribution < 1.29 is 96.2 Å². The topological polar surface area (TPSA) is 435 Å². The molecule has 1 aliphatic carbocycles. The number of nitrogens with two attached hydrogens (primary N) is 2. The number of anilines is 1. The Kier molecular flexibility index (Phi) is 39.2. The molecule has 3 fully saturated rings. The largest absolute Gasteiger partial charge is 0.459 e. The molecule has 9 N–H and O–H groups in total. The number of amides is 2. The Hall–Kier alpha value is -8.00. The first-order chi connectivity index (χ1) is 57.5. The molecule has 5 aromatic heterocycles. The predicted molar refractivity (Wildman–Crippen MR) is 442 cm³/mol. The monoisotopic (exact) mass is 1660 g/mol. The van der Waals surface area contributed by atoms with Gasteiger partial charge in [0, 0.05) is 113 Å². The molecular weight excluding hydrogens is 1540 g/mol. The number of piperidine rings is 1. The summed E-state index contributed by atoms with van der Waals surface area (Å²) in [7, 11) is 3.20. The summed E-state index contributed by atoms with van der Waals surface area (Å²) in [5.74, 6) is -8.61. The van der Waals surface area contributed by atoms with Crippen molar-refractivity contribution in [3.8, 4) is 11.3 Å². The molecule has 3 aliphatic heterocycles. The molecule has 2 bridgehead atoms. The van der Waals surface area contributed by atoms with E-state index in [0.717, 1.165) is 58.4 Å². The van der Waals surface area contributed by atoms with E-state index in [1.807, 2.05) is 73.4 Å². The molecule has 15 atom stereocenters. The van der Waals surface area contributed by atoms with Crippen LogP contribution in [0.2, 0.25) is 0 Å². The number of rotatable bonds is 38. The lowest BCUT2D eigenvalue weighted by molar-refractivity contribution is -0.265. The molecule has 33 heteroatoms. The average molecular weight is 1670 g/mol. The second-order valence-corrected chi connectivity index (χ2v) is 32.0. The lowest BCUT2D eigenvalue weighted by Crippen LogP contribution is -2.61. The zero-order valence-corrected chi connectivity index (χ0v) is 70.7. The van der Waals surface area contributed by atoms with Gasteiger partial charge in [-0.05, 0) is 145 Å². The van der Waals surface area contributed by atoms with E-state index >= 15 is 0 Å². The fraction of sp³-hybridized carbons (Fsp3) is 0.674. The summed E-state index contributed by atoms with van der Waals surface area (Å²) in [5.41, 5.74) is 18.2. The Labute approximate surface area is 697 Å². The van der Waals surface area contributed by atoms with Crippen molar-refractivity contribution in [2.24, 2.45) is 35.3 Å². The van der Waals surface area contributed by atoms with Crippen LogP contribution >= 0.6 is 0 Å². The van der Waals surface area contributed by atoms with Gasteiger partial charge in [0.25, 0.3) is 11.7 Å². The van der Waals surface area contributed by atoms with Crippen molar-refractivity contribution in [2.75, 3.05) is 119 Å². The molecule has 9 rings (SSSR count). The molecule has 2 saturated heterocycles. The molecule has 0 aromatic carbocycles. The first-order valence-electron chi connectivity index (χ1n) is 42.5. The number of Topliss-reactive ketones (excluding diaryl/α,β-unsaturated/α-hetero) is 3. The number of aliphatic hydroxyl groups is 3. The molecule has 8 heterocycles. The maximum absolute atomic E-state index is 14.7. The van der Waals surface area contributed by atoms with E-state index in [1.54, 1.807) is 45.9 Å². The lowest BCUT2D eigenvalue weighted by Gasteiger charge is -2.42. The number of nitrogen functional groups attached to an aromatic ring is 1. The van der Waals surface area contributed by atoms with E-state index in [0.29, 0.717) is 192 Å². The van der Waals surface area contributed by atoms with E-state index in [4.69, 9.17) is 68.7 Å². The molecule has 0 spiro atoms. The number of methoxy groups -OCH3 is 2. The Bertz CT molecular complexity index is 4130. The van der Waals surface area contributed by atoms with Crippen LogP contribution < -0.4 is 16.8 Å². The molecule has 658 valence electrons. The molecule has 0 unspecified atom stereocenters. The Morgan fingerprint density at radius 3 is 2.21 bits per heavy atom. The van der Waals surface area contributed by atoms with E-state index in [2.05, 4.69) is 35.6 Å². The highest BCUT2D eigenvalue weighted by molar-refractivity contribution is 6.39. The molecule has 1 saturated carbocycles. The smallest absolute Gasteiger partial charge is 0.329 e. The number of esters is 1. The van der Waals surface area contributed by atoms with Crippen LogP contribution in [0.4, 0.5) is 5.82 Å². The number of ketones is 3. The first kappa shape index (κ1) is 94.8. The highest BCUT2D eigenvalue weighted by Gasteiger charge is 2.53. The standard InChI is InChI=1S/C86H129N13O20/c1-56-18-10-9-11-19-57(2)71(109-7)51-66-24-22-61(6)86(108,119-66)80(105)84(106)98-30-15-12-21-68(98)85(107)118-72(52-69(100)58(3)47-60(5)78(103)79(104)77(102)59(4)46-56)67(87)48-62-23-25-70(73(49-62)110-8)117-33-17-13-20-65-54-97(96-94-65)32-35-112-37-39-114-41-43-116-45-44-115-42-40-113-38-36-111-34-27-74(101)89-28-14-16-31-99-83-75(81(88)92-55-93-83)76(95-99)64-50-63-26-29-90-82(63)91-53-64/h9-11,18-19,26,29,47,50,53-56,58-59,61-62,66-68,70-73,78-79,103-104,108H,12-17,20-25,27-28,30-46,48-49,51-52,87H2,1-8H3,(H,89,101)(H,90,91)(H2,88,92,93)/b11-9?,18-10+,57-19?,60-47+/t56-,58-,59-,61-,62+,66+,67-,68+,70-,71+,72+,73-,78-,79+,86-/m1/s1. The number of aromatic nitrogens is 9. The Morgan fingerprint density at radius 1 is 0.765 bits per heavy atom. The minimum atomic E-state index is -2.49. The fourth-order valence-corrected chi connectivity index (χ4v) is 15.7. The van der Waals surface area contributed by atoms with Gasteiger partial charge in [0.05, 0.1) is 121 Å². The van der Waals surface area contributed by atoms with Crippen molar-refractivity contribution in [3.63, 3.8) is 0 Å². The number of fused-ring (bicyclic) bond motifs is 5. The maximum Gasteiger partial charge on any atom is 0.329 e. The summed E-state index contributed by atoms with van der Waals surface area (Å²) in [4.78, 5) is 101. The van der Waals surface area contributed by atoms with Gasteiger partial charge in [-0.15, -0.1) is 5.10 Å². The van der Waals surface area contributed by atoms with Crippen molar-refractivity contribution >= 4 is 63.0 Å². The third kappa shape index (κ3) is 28.8. The number of carbonyl (C=O) groups excluding carboxylic acids is 6. The van der Waals surface area contributed by atoms with Crippen molar-refractivity contribution in [1.82, 2.24) is 54.9 Å². The van der Waals surface area contributed by atoms with Gasteiger partial charge in [0.1, 0.15) is 53.6 Å². The van der Waals surface area contributed by atoms with Gasteiger partial charge in [0.15, 0.2) is 11.4 Å². The van der Waals surface area contributed by atoms with Crippen LogP contribution in [0, 0.1) is 29.6 Å².